The maximum atomic E-state index is 13.3. The predicted octanol–water partition coefficient (Wildman–Crippen LogP) is 1.93. The van der Waals surface area contributed by atoms with Crippen molar-refractivity contribution in [3.05, 3.63) is 51.7 Å². The average Bonchev–Trinajstić information content (AvgIpc) is 2.75. The number of carbonyl (C=O) groups is 1. The minimum absolute atomic E-state index is 0.202. The fraction of sp³-hybridized carbons (Fsp3) is 0.471. The van der Waals surface area contributed by atoms with Crippen LogP contribution in [0.4, 0.5) is 8.78 Å². The summed E-state index contributed by atoms with van der Waals surface area (Å²) in [6.45, 7) is 2.09. The van der Waals surface area contributed by atoms with E-state index in [4.69, 9.17) is 0 Å². The molecule has 0 radical (unpaired) electrons. The molecule has 134 valence electrons. The van der Waals surface area contributed by atoms with E-state index in [-0.39, 0.29) is 12.2 Å². The molecule has 1 atom stereocenters. The van der Waals surface area contributed by atoms with E-state index in [0.29, 0.717) is 17.9 Å². The molecule has 0 fully saturated rings. The van der Waals surface area contributed by atoms with Gasteiger partial charge in [0.1, 0.15) is 12.4 Å². The second-order valence-electron chi connectivity index (χ2n) is 6.28. The lowest BCUT2D eigenvalue weighted by Crippen LogP contribution is -2.35. The van der Waals surface area contributed by atoms with Crippen molar-refractivity contribution < 1.29 is 13.6 Å². The van der Waals surface area contributed by atoms with E-state index >= 15 is 0 Å². The smallest absolute Gasteiger partial charge is 0.346 e. The fourth-order valence-electron chi connectivity index (χ4n) is 3.02. The van der Waals surface area contributed by atoms with Gasteiger partial charge in [-0.2, -0.15) is 5.10 Å². The summed E-state index contributed by atoms with van der Waals surface area (Å²) in [5.74, 6) is -1.60. The molecular weight excluding hydrogens is 330 g/mol. The molecule has 1 amide bonds. The molecule has 1 aromatic heterocycles. The average molecular weight is 350 g/mol. The number of amides is 1. The van der Waals surface area contributed by atoms with Crippen molar-refractivity contribution in [2.24, 2.45) is 0 Å². The van der Waals surface area contributed by atoms with Crippen LogP contribution in [0.25, 0.3) is 0 Å². The number of rotatable bonds is 4. The molecule has 1 aliphatic rings. The van der Waals surface area contributed by atoms with Gasteiger partial charge in [-0.3, -0.25) is 9.36 Å². The zero-order valence-electron chi connectivity index (χ0n) is 14.0. The Balaban J connectivity index is 1.68. The highest BCUT2D eigenvalue weighted by Crippen LogP contribution is 2.16. The maximum absolute atomic E-state index is 13.3. The summed E-state index contributed by atoms with van der Waals surface area (Å²) in [4.78, 5) is 24.5. The molecule has 3 rings (SSSR count). The molecule has 2 heterocycles. The first-order valence-corrected chi connectivity index (χ1v) is 8.36. The predicted molar refractivity (Wildman–Crippen MR) is 87.0 cm³/mol. The van der Waals surface area contributed by atoms with E-state index in [1.54, 1.807) is 11.5 Å². The number of fused-ring (bicyclic) bond motifs is 1. The Morgan fingerprint density at radius 2 is 2.08 bits per heavy atom. The molecule has 0 bridgehead atoms. The molecule has 0 aliphatic carbocycles. The minimum atomic E-state index is -0.965. The Hall–Kier alpha value is -2.51. The second kappa shape index (κ2) is 7.16. The molecule has 0 saturated carbocycles. The van der Waals surface area contributed by atoms with Gasteiger partial charge in [0, 0.05) is 13.0 Å². The van der Waals surface area contributed by atoms with Gasteiger partial charge in [-0.25, -0.2) is 18.3 Å². The lowest BCUT2D eigenvalue weighted by molar-refractivity contribution is -0.122. The number of nitrogens with one attached hydrogen (secondary N) is 1. The summed E-state index contributed by atoms with van der Waals surface area (Å²) in [7, 11) is 0. The van der Waals surface area contributed by atoms with Gasteiger partial charge in [-0.1, -0.05) is 12.5 Å². The number of aromatic nitrogens is 3. The summed E-state index contributed by atoms with van der Waals surface area (Å²) in [5, 5.41) is 6.93. The van der Waals surface area contributed by atoms with Crippen LogP contribution >= 0.6 is 0 Å². The highest BCUT2D eigenvalue weighted by Gasteiger charge is 2.18. The van der Waals surface area contributed by atoms with Gasteiger partial charge in [0.25, 0.3) is 0 Å². The maximum Gasteiger partial charge on any atom is 0.346 e. The monoisotopic (exact) mass is 350 g/mol. The Bertz CT molecular complexity index is 844. The largest absolute Gasteiger partial charge is 0.348 e. The van der Waals surface area contributed by atoms with Crippen LogP contribution in [0.1, 0.15) is 43.6 Å². The van der Waals surface area contributed by atoms with E-state index in [2.05, 4.69) is 10.4 Å². The van der Waals surface area contributed by atoms with Crippen LogP contribution < -0.4 is 11.0 Å². The summed E-state index contributed by atoms with van der Waals surface area (Å²) in [6, 6.07) is 2.96. The van der Waals surface area contributed by atoms with Crippen LogP contribution in [0.3, 0.4) is 0 Å². The van der Waals surface area contributed by atoms with Crippen LogP contribution in [0.15, 0.2) is 23.0 Å². The topological polar surface area (TPSA) is 68.9 Å². The molecule has 2 aromatic rings. The quantitative estimate of drug-likeness (QED) is 0.916. The summed E-state index contributed by atoms with van der Waals surface area (Å²) in [6.07, 6.45) is 3.71. The lowest BCUT2D eigenvalue weighted by atomic mass is 10.1. The molecule has 6 nitrogen and oxygen atoms in total. The van der Waals surface area contributed by atoms with Crippen molar-refractivity contribution in [1.82, 2.24) is 19.7 Å². The van der Waals surface area contributed by atoms with Gasteiger partial charge in [-0.15, -0.1) is 0 Å². The standard InChI is InChI=1S/C17H20F2N4O2/c1-11(12-6-7-13(18)14(19)9-12)20-16(24)10-23-17(25)22-8-4-2-3-5-15(22)21-23/h6-7,9,11H,2-5,8,10H2,1H3,(H,20,24). The Morgan fingerprint density at radius 1 is 1.28 bits per heavy atom. The van der Waals surface area contributed by atoms with E-state index in [9.17, 15) is 18.4 Å². The summed E-state index contributed by atoms with van der Waals surface area (Å²) >= 11 is 0. The van der Waals surface area contributed by atoms with E-state index in [1.807, 2.05) is 0 Å². The van der Waals surface area contributed by atoms with E-state index < -0.39 is 23.6 Å². The zero-order chi connectivity index (χ0) is 18.0. The molecule has 1 aromatic carbocycles. The van der Waals surface area contributed by atoms with Crippen molar-refractivity contribution in [1.29, 1.82) is 0 Å². The second-order valence-corrected chi connectivity index (χ2v) is 6.28. The normalized spacial score (nSPS) is 15.3. The first-order chi connectivity index (χ1) is 12.0. The molecule has 0 saturated heterocycles. The van der Waals surface area contributed by atoms with E-state index in [1.165, 1.54) is 6.07 Å². The van der Waals surface area contributed by atoms with E-state index in [0.717, 1.165) is 42.5 Å². The highest BCUT2D eigenvalue weighted by molar-refractivity contribution is 5.76. The van der Waals surface area contributed by atoms with Gasteiger partial charge >= 0.3 is 5.69 Å². The first kappa shape index (κ1) is 17.3. The van der Waals surface area contributed by atoms with Gasteiger partial charge < -0.3 is 5.32 Å². The third kappa shape index (κ3) is 3.78. The Kier molecular flexibility index (Phi) is 4.96. The molecule has 1 aliphatic heterocycles. The summed E-state index contributed by atoms with van der Waals surface area (Å²) in [5.41, 5.74) is 0.160. The van der Waals surface area contributed by atoms with Crippen LogP contribution in [-0.4, -0.2) is 20.3 Å². The molecule has 1 unspecified atom stereocenters. The molecule has 8 heteroatoms. The molecule has 25 heavy (non-hydrogen) atoms. The number of benzene rings is 1. The van der Waals surface area contributed by atoms with Crippen molar-refractivity contribution in [2.75, 3.05) is 0 Å². The number of halogens is 2. The van der Waals surface area contributed by atoms with Crippen LogP contribution in [-0.2, 0) is 24.3 Å². The van der Waals surface area contributed by atoms with Crippen LogP contribution in [0.2, 0.25) is 0 Å². The first-order valence-electron chi connectivity index (χ1n) is 8.36. The van der Waals surface area contributed by atoms with Crippen molar-refractivity contribution >= 4 is 5.91 Å². The zero-order valence-corrected chi connectivity index (χ0v) is 14.0. The Labute approximate surface area is 143 Å². The SMILES string of the molecule is CC(NC(=O)Cn1nc2n(c1=O)CCCCC2)c1ccc(F)c(F)c1. The van der Waals surface area contributed by atoms with Crippen LogP contribution in [0.5, 0.6) is 0 Å². The third-order valence-electron chi connectivity index (χ3n) is 4.40. The molecule has 0 spiro atoms. The van der Waals surface area contributed by atoms with Gasteiger partial charge in [-0.05, 0) is 37.5 Å². The van der Waals surface area contributed by atoms with Gasteiger partial charge in [0.2, 0.25) is 5.91 Å². The number of carbonyl (C=O) groups excluding carboxylic acids is 1. The number of hydrogen-bond donors (Lipinski definition) is 1. The molecular formula is C17H20F2N4O2. The molecule has 1 N–H and O–H groups in total. The Morgan fingerprint density at radius 3 is 2.84 bits per heavy atom. The number of hydrogen-bond acceptors (Lipinski definition) is 3. The van der Waals surface area contributed by atoms with Crippen molar-refractivity contribution in [3.8, 4) is 0 Å². The third-order valence-corrected chi connectivity index (χ3v) is 4.40. The summed E-state index contributed by atoms with van der Waals surface area (Å²) < 4.78 is 29.1. The van der Waals surface area contributed by atoms with Crippen LogP contribution in [0, 0.1) is 11.6 Å². The minimum Gasteiger partial charge on any atom is -0.348 e. The van der Waals surface area contributed by atoms with Crippen molar-refractivity contribution in [3.63, 3.8) is 0 Å². The fourth-order valence-corrected chi connectivity index (χ4v) is 3.02. The van der Waals surface area contributed by atoms with Gasteiger partial charge in [0.05, 0.1) is 6.04 Å². The number of nitrogens with zero attached hydrogens (tertiary/aromatic N) is 3. The lowest BCUT2D eigenvalue weighted by Gasteiger charge is -2.14. The highest BCUT2D eigenvalue weighted by atomic mass is 19.2. The van der Waals surface area contributed by atoms with Gasteiger partial charge in [0.15, 0.2) is 11.6 Å². The van der Waals surface area contributed by atoms with Crippen molar-refractivity contribution in [2.45, 2.75) is 51.7 Å². The number of aryl methyl sites for hydroxylation is 1.